The number of hydrogen-bond acceptors (Lipinski definition) is 5. The Balaban J connectivity index is 1.45. The molecule has 29 heavy (non-hydrogen) atoms. The van der Waals surface area contributed by atoms with Gasteiger partial charge in [-0.05, 0) is 29.8 Å². The third-order valence-corrected chi connectivity index (χ3v) is 5.96. The van der Waals surface area contributed by atoms with Gasteiger partial charge in [-0.3, -0.25) is 9.69 Å². The first kappa shape index (κ1) is 21.6. The van der Waals surface area contributed by atoms with Crippen LogP contribution in [-0.2, 0) is 15.6 Å². The van der Waals surface area contributed by atoms with E-state index in [9.17, 15) is 13.2 Å². The smallest absolute Gasteiger partial charge is 0.253 e. The average molecular weight is 437 g/mol. The third-order valence-electron chi connectivity index (χ3n) is 4.79. The van der Waals surface area contributed by atoms with Crippen LogP contribution in [0.2, 0.25) is 5.02 Å². The zero-order chi connectivity index (χ0) is 20.9. The van der Waals surface area contributed by atoms with E-state index in [4.69, 9.17) is 16.3 Å². The summed E-state index contributed by atoms with van der Waals surface area (Å²) in [5.74, 6) is 0.640. The number of para-hydroxylation sites is 1. The van der Waals surface area contributed by atoms with Gasteiger partial charge in [-0.1, -0.05) is 35.9 Å². The number of carbonyl (C=O) groups excluding carboxylic acids is 1. The lowest BCUT2D eigenvalue weighted by Gasteiger charge is -2.34. The minimum absolute atomic E-state index is 0.0175. The molecule has 0 unspecified atom stereocenters. The summed E-state index contributed by atoms with van der Waals surface area (Å²) in [4.78, 5) is 16.8. The molecule has 0 saturated carbocycles. The molecular weight excluding hydrogens is 412 g/mol. The van der Waals surface area contributed by atoms with Crippen LogP contribution in [0.15, 0.2) is 48.5 Å². The Bertz CT molecular complexity index is 939. The highest BCUT2D eigenvalue weighted by Gasteiger charge is 2.22. The molecule has 0 aromatic heterocycles. The van der Waals surface area contributed by atoms with Gasteiger partial charge in [0.15, 0.2) is 9.84 Å². The van der Waals surface area contributed by atoms with Crippen molar-refractivity contribution in [3.8, 4) is 5.75 Å². The number of rotatable bonds is 7. The fourth-order valence-corrected chi connectivity index (χ4v) is 4.24. The largest absolute Gasteiger partial charge is 0.491 e. The molecule has 1 aliphatic rings. The summed E-state index contributed by atoms with van der Waals surface area (Å²) >= 11 is 6.09. The number of nitrogens with zero attached hydrogens (tertiary/aromatic N) is 2. The van der Waals surface area contributed by atoms with Crippen LogP contribution in [-0.4, -0.2) is 69.7 Å². The molecule has 0 N–H and O–H groups in total. The molecule has 3 rings (SSSR count). The fourth-order valence-electron chi connectivity index (χ4n) is 3.25. The summed E-state index contributed by atoms with van der Waals surface area (Å²) in [6, 6.07) is 14.2. The molecular formula is C21H25ClN2O4S. The number of sulfone groups is 1. The molecule has 8 heteroatoms. The number of benzene rings is 2. The molecule has 0 aliphatic carbocycles. The Kier molecular flexibility index (Phi) is 7.16. The summed E-state index contributed by atoms with van der Waals surface area (Å²) in [5.41, 5.74) is 1.27. The van der Waals surface area contributed by atoms with Gasteiger partial charge in [0, 0.05) is 44.5 Å². The predicted molar refractivity (Wildman–Crippen MR) is 114 cm³/mol. The van der Waals surface area contributed by atoms with Crippen molar-refractivity contribution in [2.24, 2.45) is 0 Å². The fraction of sp³-hybridized carbons (Fsp3) is 0.381. The minimum atomic E-state index is -3.08. The molecule has 1 fully saturated rings. The molecule has 6 nitrogen and oxygen atoms in total. The minimum Gasteiger partial charge on any atom is -0.491 e. The first-order valence-electron chi connectivity index (χ1n) is 9.47. The van der Waals surface area contributed by atoms with Crippen LogP contribution in [0.3, 0.4) is 0 Å². The summed E-state index contributed by atoms with van der Waals surface area (Å²) in [6.07, 6.45) is 1.20. The molecule has 156 valence electrons. The Hall–Kier alpha value is -2.09. The van der Waals surface area contributed by atoms with Gasteiger partial charge in [-0.15, -0.1) is 0 Å². The van der Waals surface area contributed by atoms with E-state index in [1.807, 2.05) is 23.1 Å². The van der Waals surface area contributed by atoms with Gasteiger partial charge in [0.1, 0.15) is 12.4 Å². The topological polar surface area (TPSA) is 66.9 Å². The Labute approximate surface area is 176 Å². The number of piperazine rings is 1. The van der Waals surface area contributed by atoms with Crippen LogP contribution in [0.1, 0.15) is 15.9 Å². The van der Waals surface area contributed by atoms with Crippen LogP contribution >= 0.6 is 11.6 Å². The highest BCUT2D eigenvalue weighted by molar-refractivity contribution is 7.89. The van der Waals surface area contributed by atoms with E-state index in [-0.39, 0.29) is 11.7 Å². The molecule has 0 bridgehead atoms. The van der Waals surface area contributed by atoms with Gasteiger partial charge in [-0.25, -0.2) is 8.42 Å². The number of halogens is 1. The summed E-state index contributed by atoms with van der Waals surface area (Å²) < 4.78 is 28.5. The van der Waals surface area contributed by atoms with Crippen molar-refractivity contribution in [3.05, 3.63) is 64.7 Å². The zero-order valence-electron chi connectivity index (χ0n) is 16.4. The average Bonchev–Trinajstić information content (AvgIpc) is 2.69. The maximum atomic E-state index is 12.7. The molecule has 0 atom stereocenters. The number of carbonyl (C=O) groups is 1. The lowest BCUT2D eigenvalue weighted by molar-refractivity contribution is 0.0620. The van der Waals surface area contributed by atoms with Crippen LogP contribution in [0.25, 0.3) is 0 Å². The van der Waals surface area contributed by atoms with Crippen LogP contribution in [0.4, 0.5) is 0 Å². The van der Waals surface area contributed by atoms with Gasteiger partial charge in [0.2, 0.25) is 0 Å². The molecule has 0 spiro atoms. The van der Waals surface area contributed by atoms with Gasteiger partial charge in [-0.2, -0.15) is 0 Å². The Morgan fingerprint density at radius 3 is 2.31 bits per heavy atom. The number of ether oxygens (including phenoxy) is 1. The highest BCUT2D eigenvalue weighted by Crippen LogP contribution is 2.23. The molecule has 1 aliphatic heterocycles. The second-order valence-electron chi connectivity index (χ2n) is 7.18. The van der Waals surface area contributed by atoms with E-state index in [0.29, 0.717) is 41.6 Å². The summed E-state index contributed by atoms with van der Waals surface area (Å²) in [6.45, 7) is 4.17. The van der Waals surface area contributed by atoms with E-state index in [0.717, 1.165) is 19.6 Å². The lowest BCUT2D eigenvalue weighted by Crippen LogP contribution is -2.49. The maximum Gasteiger partial charge on any atom is 0.253 e. The van der Waals surface area contributed by atoms with Crippen molar-refractivity contribution in [2.75, 3.05) is 45.6 Å². The molecule has 1 saturated heterocycles. The van der Waals surface area contributed by atoms with E-state index in [2.05, 4.69) is 4.90 Å². The van der Waals surface area contributed by atoms with Crippen molar-refractivity contribution < 1.29 is 17.9 Å². The molecule has 2 aromatic carbocycles. The van der Waals surface area contributed by atoms with Crippen molar-refractivity contribution in [2.45, 2.75) is 5.75 Å². The van der Waals surface area contributed by atoms with E-state index >= 15 is 0 Å². The van der Waals surface area contributed by atoms with Gasteiger partial charge >= 0.3 is 0 Å². The molecule has 1 heterocycles. The predicted octanol–water partition coefficient (Wildman–Crippen LogP) is 2.72. The zero-order valence-corrected chi connectivity index (χ0v) is 18.0. The van der Waals surface area contributed by atoms with E-state index in [1.54, 1.807) is 30.3 Å². The number of hydrogen-bond donors (Lipinski definition) is 0. The molecule has 1 amide bonds. The Morgan fingerprint density at radius 1 is 1.03 bits per heavy atom. The highest BCUT2D eigenvalue weighted by atomic mass is 35.5. The SMILES string of the molecule is CS(=O)(=O)Cc1ccc(C(=O)N2CCN(CCOc3ccccc3Cl)CC2)cc1. The van der Waals surface area contributed by atoms with Crippen molar-refractivity contribution in [3.63, 3.8) is 0 Å². The first-order chi connectivity index (χ1) is 13.8. The van der Waals surface area contributed by atoms with E-state index in [1.165, 1.54) is 6.26 Å². The quantitative estimate of drug-likeness (QED) is 0.667. The monoisotopic (exact) mass is 436 g/mol. The van der Waals surface area contributed by atoms with Gasteiger partial charge in [0.25, 0.3) is 5.91 Å². The Morgan fingerprint density at radius 2 is 1.69 bits per heavy atom. The van der Waals surface area contributed by atoms with Crippen molar-refractivity contribution in [1.29, 1.82) is 0 Å². The van der Waals surface area contributed by atoms with Crippen LogP contribution < -0.4 is 4.74 Å². The van der Waals surface area contributed by atoms with Gasteiger partial charge < -0.3 is 9.64 Å². The lowest BCUT2D eigenvalue weighted by atomic mass is 10.1. The standard InChI is InChI=1S/C21H25ClN2O4S/c1-29(26,27)16-17-6-8-18(9-7-17)21(25)24-12-10-23(11-13-24)14-15-28-20-5-3-2-4-19(20)22/h2-9H,10-16H2,1H3. The van der Waals surface area contributed by atoms with Crippen LogP contribution in [0.5, 0.6) is 5.75 Å². The molecule has 2 aromatic rings. The van der Waals surface area contributed by atoms with Crippen LogP contribution in [0, 0.1) is 0 Å². The van der Waals surface area contributed by atoms with Gasteiger partial charge in [0.05, 0.1) is 10.8 Å². The third kappa shape index (κ3) is 6.45. The summed E-state index contributed by atoms with van der Waals surface area (Å²) in [7, 11) is -3.08. The molecule has 0 radical (unpaired) electrons. The van der Waals surface area contributed by atoms with E-state index < -0.39 is 9.84 Å². The summed E-state index contributed by atoms with van der Waals surface area (Å²) in [5, 5.41) is 0.602. The normalized spacial score (nSPS) is 15.3. The first-order valence-corrected chi connectivity index (χ1v) is 11.9. The number of amides is 1. The van der Waals surface area contributed by atoms with Crippen molar-refractivity contribution in [1.82, 2.24) is 9.80 Å². The van der Waals surface area contributed by atoms with Crippen molar-refractivity contribution >= 4 is 27.3 Å². The maximum absolute atomic E-state index is 12.7. The second kappa shape index (κ2) is 9.61. The second-order valence-corrected chi connectivity index (χ2v) is 9.73.